The van der Waals surface area contributed by atoms with Crippen LogP contribution in [0, 0.1) is 0 Å². The highest BCUT2D eigenvalue weighted by molar-refractivity contribution is 5.85. The fourth-order valence-electron chi connectivity index (χ4n) is 1.71. The highest BCUT2D eigenvalue weighted by Gasteiger charge is 2.15. The smallest absolute Gasteiger partial charge is 0.157 e. The van der Waals surface area contributed by atoms with Gasteiger partial charge in [0.1, 0.15) is 5.82 Å². The van der Waals surface area contributed by atoms with Crippen molar-refractivity contribution in [3.8, 4) is 0 Å². The van der Waals surface area contributed by atoms with E-state index in [1.807, 2.05) is 17.7 Å². The minimum absolute atomic E-state index is 0.0883. The first-order chi connectivity index (χ1) is 7.69. The molecule has 0 bridgehead atoms. The number of aromatic nitrogens is 2. The van der Waals surface area contributed by atoms with Gasteiger partial charge in [-0.15, -0.1) is 0 Å². The molecule has 4 nitrogen and oxygen atoms in total. The Labute approximate surface area is 96.9 Å². The lowest BCUT2D eigenvalue weighted by Gasteiger charge is -2.10. The van der Waals surface area contributed by atoms with Crippen molar-refractivity contribution in [2.45, 2.75) is 52.1 Å². The molecule has 0 spiro atoms. The molecule has 4 heteroatoms. The van der Waals surface area contributed by atoms with Gasteiger partial charge in [0.25, 0.3) is 0 Å². The second-order valence-corrected chi connectivity index (χ2v) is 4.08. The van der Waals surface area contributed by atoms with Gasteiger partial charge in [-0.05, 0) is 12.8 Å². The number of carbonyl (C=O) groups excluding carboxylic acids is 1. The number of ketones is 1. The lowest BCUT2D eigenvalue weighted by atomic mass is 10.1. The molecule has 0 aliphatic heterocycles. The Morgan fingerprint density at radius 3 is 2.88 bits per heavy atom. The van der Waals surface area contributed by atoms with E-state index in [9.17, 15) is 4.79 Å². The first kappa shape index (κ1) is 12.9. The third-order valence-corrected chi connectivity index (χ3v) is 2.61. The number of nitrogens with two attached hydrogens (primary N) is 1. The molecule has 0 aliphatic rings. The average Bonchev–Trinajstić information content (AvgIpc) is 2.67. The topological polar surface area (TPSA) is 60.9 Å². The molecule has 1 unspecified atom stereocenters. The van der Waals surface area contributed by atoms with Crippen molar-refractivity contribution >= 4 is 5.78 Å². The van der Waals surface area contributed by atoms with Gasteiger partial charge in [0.05, 0.1) is 12.5 Å². The van der Waals surface area contributed by atoms with Crippen LogP contribution in [0.3, 0.4) is 0 Å². The van der Waals surface area contributed by atoms with E-state index in [-0.39, 0.29) is 11.8 Å². The molecule has 1 rings (SSSR count). The third kappa shape index (κ3) is 3.45. The molecule has 16 heavy (non-hydrogen) atoms. The zero-order valence-corrected chi connectivity index (χ0v) is 10.1. The van der Waals surface area contributed by atoms with Gasteiger partial charge in [-0.2, -0.15) is 0 Å². The number of Topliss-reactive ketones (excluding diaryl/α,β-unsaturated/α-hetero) is 1. The van der Waals surface area contributed by atoms with Gasteiger partial charge in [-0.25, -0.2) is 4.98 Å². The summed E-state index contributed by atoms with van der Waals surface area (Å²) >= 11 is 0. The molecule has 2 N–H and O–H groups in total. The summed E-state index contributed by atoms with van der Waals surface area (Å²) in [5.74, 6) is 0.920. The monoisotopic (exact) mass is 223 g/mol. The number of nitrogens with zero attached hydrogens (tertiary/aromatic N) is 2. The molecular formula is C12H21N3O. The van der Waals surface area contributed by atoms with Crippen molar-refractivity contribution in [2.75, 3.05) is 0 Å². The van der Waals surface area contributed by atoms with Gasteiger partial charge in [0, 0.05) is 18.9 Å². The first-order valence-corrected chi connectivity index (χ1v) is 5.97. The summed E-state index contributed by atoms with van der Waals surface area (Å²) in [5.41, 5.74) is 5.78. The molecule has 1 atom stereocenters. The number of carbonyl (C=O) groups is 1. The van der Waals surface area contributed by atoms with E-state index in [0.717, 1.165) is 31.6 Å². The van der Waals surface area contributed by atoms with E-state index < -0.39 is 0 Å². The molecule has 0 radical (unpaired) electrons. The number of rotatable bonds is 7. The summed E-state index contributed by atoms with van der Waals surface area (Å²) in [6, 6.07) is -0.336. The Hall–Kier alpha value is -1.16. The number of hydrogen-bond acceptors (Lipinski definition) is 3. The molecule has 1 aromatic heterocycles. The fourth-order valence-corrected chi connectivity index (χ4v) is 1.71. The predicted molar refractivity (Wildman–Crippen MR) is 64.1 cm³/mol. The molecular weight excluding hydrogens is 202 g/mol. The van der Waals surface area contributed by atoms with Crippen molar-refractivity contribution in [3.05, 3.63) is 18.2 Å². The molecule has 1 aromatic rings. The van der Waals surface area contributed by atoms with Crippen LogP contribution < -0.4 is 5.73 Å². The van der Waals surface area contributed by atoms with E-state index in [4.69, 9.17) is 5.73 Å². The minimum atomic E-state index is -0.336. The number of imidazole rings is 1. The standard InChI is InChI=1S/C12H21N3O/c1-3-5-10(13)11(16)9-12-14-6-8-15(12)7-4-2/h6,8,10H,3-5,7,9,13H2,1-2H3. The lowest BCUT2D eigenvalue weighted by molar-refractivity contribution is -0.119. The summed E-state index contributed by atoms with van der Waals surface area (Å²) in [6.07, 6.45) is 6.75. The first-order valence-electron chi connectivity index (χ1n) is 5.97. The SMILES string of the molecule is CCCC(N)C(=O)Cc1nccn1CCC. The molecule has 0 saturated carbocycles. The van der Waals surface area contributed by atoms with Crippen LogP contribution >= 0.6 is 0 Å². The Kier molecular flexibility index (Phi) is 5.19. The summed E-state index contributed by atoms with van der Waals surface area (Å²) < 4.78 is 2.02. The van der Waals surface area contributed by atoms with Crippen LogP contribution in [0.2, 0.25) is 0 Å². The molecule has 0 aromatic carbocycles. The maximum absolute atomic E-state index is 11.8. The molecule has 0 saturated heterocycles. The van der Waals surface area contributed by atoms with Gasteiger partial charge in [-0.1, -0.05) is 20.3 Å². The summed E-state index contributed by atoms with van der Waals surface area (Å²) in [4.78, 5) is 16.0. The summed E-state index contributed by atoms with van der Waals surface area (Å²) in [7, 11) is 0. The minimum Gasteiger partial charge on any atom is -0.335 e. The van der Waals surface area contributed by atoms with E-state index in [1.165, 1.54) is 0 Å². The molecule has 0 fully saturated rings. The molecule has 0 aliphatic carbocycles. The van der Waals surface area contributed by atoms with Crippen molar-refractivity contribution in [1.29, 1.82) is 0 Å². The zero-order chi connectivity index (χ0) is 12.0. The van der Waals surface area contributed by atoms with Crippen LogP contribution in [0.1, 0.15) is 38.9 Å². The summed E-state index contributed by atoms with van der Waals surface area (Å²) in [5, 5.41) is 0. The Morgan fingerprint density at radius 2 is 2.25 bits per heavy atom. The molecule has 0 amide bonds. The van der Waals surface area contributed by atoms with Crippen LogP contribution in [0.5, 0.6) is 0 Å². The second kappa shape index (κ2) is 6.43. The van der Waals surface area contributed by atoms with Crippen molar-refractivity contribution in [3.63, 3.8) is 0 Å². The van der Waals surface area contributed by atoms with E-state index >= 15 is 0 Å². The van der Waals surface area contributed by atoms with Gasteiger partial charge in [0.15, 0.2) is 5.78 Å². The number of aryl methyl sites for hydroxylation is 1. The third-order valence-electron chi connectivity index (χ3n) is 2.61. The number of hydrogen-bond donors (Lipinski definition) is 1. The average molecular weight is 223 g/mol. The maximum atomic E-state index is 11.8. The lowest BCUT2D eigenvalue weighted by Crippen LogP contribution is -2.32. The normalized spacial score (nSPS) is 12.7. The van der Waals surface area contributed by atoms with Crippen LogP contribution in [-0.4, -0.2) is 21.4 Å². The van der Waals surface area contributed by atoms with Crippen molar-refractivity contribution in [1.82, 2.24) is 9.55 Å². The quantitative estimate of drug-likeness (QED) is 0.762. The fraction of sp³-hybridized carbons (Fsp3) is 0.667. The molecule has 90 valence electrons. The second-order valence-electron chi connectivity index (χ2n) is 4.08. The van der Waals surface area contributed by atoms with Crippen LogP contribution in [0.25, 0.3) is 0 Å². The van der Waals surface area contributed by atoms with Gasteiger partial charge < -0.3 is 10.3 Å². The maximum Gasteiger partial charge on any atom is 0.157 e. The van der Waals surface area contributed by atoms with Crippen molar-refractivity contribution in [2.24, 2.45) is 5.73 Å². The largest absolute Gasteiger partial charge is 0.335 e. The van der Waals surface area contributed by atoms with E-state index in [1.54, 1.807) is 6.20 Å². The Bertz CT molecular complexity index is 333. The van der Waals surface area contributed by atoms with Crippen LogP contribution in [0.4, 0.5) is 0 Å². The van der Waals surface area contributed by atoms with Gasteiger partial charge in [0.2, 0.25) is 0 Å². The van der Waals surface area contributed by atoms with Crippen LogP contribution in [0.15, 0.2) is 12.4 Å². The Balaban J connectivity index is 2.58. The Morgan fingerprint density at radius 1 is 1.50 bits per heavy atom. The van der Waals surface area contributed by atoms with Gasteiger partial charge in [-0.3, -0.25) is 4.79 Å². The van der Waals surface area contributed by atoms with Gasteiger partial charge >= 0.3 is 0 Å². The van der Waals surface area contributed by atoms with E-state index in [2.05, 4.69) is 11.9 Å². The highest BCUT2D eigenvalue weighted by atomic mass is 16.1. The van der Waals surface area contributed by atoms with E-state index in [0.29, 0.717) is 6.42 Å². The van der Waals surface area contributed by atoms with Crippen molar-refractivity contribution < 1.29 is 4.79 Å². The zero-order valence-electron chi connectivity index (χ0n) is 10.1. The highest BCUT2D eigenvalue weighted by Crippen LogP contribution is 2.04. The van der Waals surface area contributed by atoms with Crippen LogP contribution in [-0.2, 0) is 17.8 Å². The molecule has 1 heterocycles. The predicted octanol–water partition coefficient (Wildman–Crippen LogP) is 1.53. The summed E-state index contributed by atoms with van der Waals surface area (Å²) in [6.45, 7) is 5.05.